The van der Waals surface area contributed by atoms with Crippen molar-refractivity contribution in [2.75, 3.05) is 49.2 Å². The highest BCUT2D eigenvalue weighted by Gasteiger charge is 2.28. The standard InChI is InChI=1S/C19H25N7O2S/c1-12-13(2)22-19-26(18(12)28)14(10-29-19)8-17(27)23-15-9-16(21-11-20-15)25-6-4-24(3)5-7-25/h9,11,14H,4-8,10H2,1-3H3,(H,20,21,23,27). The number of nitrogens with one attached hydrogen (secondary N) is 1. The van der Waals surface area contributed by atoms with E-state index in [1.807, 2.05) is 13.0 Å². The van der Waals surface area contributed by atoms with Crippen molar-refractivity contribution in [3.63, 3.8) is 0 Å². The summed E-state index contributed by atoms with van der Waals surface area (Å²) >= 11 is 1.52. The number of amides is 1. The van der Waals surface area contributed by atoms with Crippen molar-refractivity contribution in [1.29, 1.82) is 0 Å². The topological polar surface area (TPSA) is 96.2 Å². The van der Waals surface area contributed by atoms with Gasteiger partial charge in [-0.2, -0.15) is 0 Å². The molecule has 2 aliphatic rings. The molecule has 0 radical (unpaired) electrons. The average Bonchev–Trinajstić information content (AvgIpc) is 3.09. The Balaban J connectivity index is 1.44. The fourth-order valence-corrected chi connectivity index (χ4v) is 4.74. The summed E-state index contributed by atoms with van der Waals surface area (Å²) in [7, 11) is 2.10. The minimum absolute atomic E-state index is 0.0605. The average molecular weight is 416 g/mol. The van der Waals surface area contributed by atoms with Gasteiger partial charge in [-0.25, -0.2) is 15.0 Å². The number of rotatable bonds is 4. The van der Waals surface area contributed by atoms with Gasteiger partial charge < -0.3 is 15.1 Å². The zero-order valence-electron chi connectivity index (χ0n) is 16.9. The summed E-state index contributed by atoms with van der Waals surface area (Å²) in [5.74, 6) is 1.79. The fourth-order valence-electron chi connectivity index (χ4n) is 3.55. The largest absolute Gasteiger partial charge is 0.354 e. The van der Waals surface area contributed by atoms with E-state index in [-0.39, 0.29) is 23.9 Å². The van der Waals surface area contributed by atoms with E-state index in [2.05, 4.69) is 37.1 Å². The van der Waals surface area contributed by atoms with E-state index >= 15 is 0 Å². The van der Waals surface area contributed by atoms with Crippen LogP contribution in [-0.4, -0.2) is 69.3 Å². The quantitative estimate of drug-likeness (QED) is 0.741. The molecule has 29 heavy (non-hydrogen) atoms. The van der Waals surface area contributed by atoms with Gasteiger partial charge in [-0.3, -0.25) is 14.2 Å². The molecule has 1 amide bonds. The van der Waals surface area contributed by atoms with Crippen molar-refractivity contribution in [2.45, 2.75) is 31.5 Å². The van der Waals surface area contributed by atoms with Gasteiger partial charge in [0, 0.05) is 55.7 Å². The maximum Gasteiger partial charge on any atom is 0.257 e. The van der Waals surface area contributed by atoms with Gasteiger partial charge in [0.15, 0.2) is 5.16 Å². The van der Waals surface area contributed by atoms with Crippen molar-refractivity contribution in [3.8, 4) is 0 Å². The molecule has 0 aliphatic carbocycles. The lowest BCUT2D eigenvalue weighted by Gasteiger charge is -2.33. The van der Waals surface area contributed by atoms with Crippen molar-refractivity contribution in [1.82, 2.24) is 24.4 Å². The second kappa shape index (κ2) is 8.11. The molecule has 0 aromatic carbocycles. The number of aromatic nitrogens is 4. The second-order valence-electron chi connectivity index (χ2n) is 7.55. The number of likely N-dealkylation sites (N-methyl/N-ethyl adjacent to an activating group) is 1. The summed E-state index contributed by atoms with van der Waals surface area (Å²) in [5, 5.41) is 3.55. The minimum Gasteiger partial charge on any atom is -0.354 e. The van der Waals surface area contributed by atoms with Crippen LogP contribution >= 0.6 is 11.8 Å². The molecule has 1 atom stereocenters. The van der Waals surface area contributed by atoms with Gasteiger partial charge in [-0.05, 0) is 20.9 Å². The first-order valence-corrected chi connectivity index (χ1v) is 10.7. The van der Waals surface area contributed by atoms with E-state index in [1.54, 1.807) is 11.5 Å². The Labute approximate surface area is 173 Å². The maximum absolute atomic E-state index is 12.6. The molecule has 1 fully saturated rings. The third-order valence-electron chi connectivity index (χ3n) is 5.49. The highest BCUT2D eigenvalue weighted by molar-refractivity contribution is 7.99. The van der Waals surface area contributed by atoms with E-state index in [4.69, 9.17) is 0 Å². The number of hydrogen-bond donors (Lipinski definition) is 1. The summed E-state index contributed by atoms with van der Waals surface area (Å²) < 4.78 is 1.65. The number of carbonyl (C=O) groups excluding carboxylic acids is 1. The zero-order valence-corrected chi connectivity index (χ0v) is 17.7. The van der Waals surface area contributed by atoms with Crippen LogP contribution in [0.1, 0.15) is 23.7 Å². The molecular formula is C19H25N7O2S. The van der Waals surface area contributed by atoms with Gasteiger partial charge in [0.2, 0.25) is 5.91 Å². The summed E-state index contributed by atoms with van der Waals surface area (Å²) in [6, 6.07) is 1.61. The van der Waals surface area contributed by atoms with E-state index in [9.17, 15) is 9.59 Å². The van der Waals surface area contributed by atoms with E-state index < -0.39 is 0 Å². The molecule has 2 aromatic heterocycles. The lowest BCUT2D eigenvalue weighted by Crippen LogP contribution is -2.44. The van der Waals surface area contributed by atoms with Crippen LogP contribution < -0.4 is 15.8 Å². The summed E-state index contributed by atoms with van der Waals surface area (Å²) in [5.41, 5.74) is 1.32. The predicted octanol–water partition coefficient (Wildman–Crippen LogP) is 1.08. The van der Waals surface area contributed by atoms with E-state index in [0.29, 0.717) is 22.3 Å². The van der Waals surface area contributed by atoms with Crippen LogP contribution in [0.4, 0.5) is 11.6 Å². The van der Waals surface area contributed by atoms with Crippen LogP contribution in [0, 0.1) is 13.8 Å². The number of thioether (sulfide) groups is 1. The lowest BCUT2D eigenvalue weighted by molar-refractivity contribution is -0.116. The molecule has 0 spiro atoms. The number of carbonyl (C=O) groups is 1. The molecule has 0 saturated carbocycles. The Morgan fingerprint density at radius 1 is 1.24 bits per heavy atom. The van der Waals surface area contributed by atoms with Crippen molar-refractivity contribution < 1.29 is 4.79 Å². The second-order valence-corrected chi connectivity index (χ2v) is 8.54. The third-order valence-corrected chi connectivity index (χ3v) is 6.59. The monoisotopic (exact) mass is 415 g/mol. The van der Waals surface area contributed by atoms with Crippen molar-refractivity contribution in [2.24, 2.45) is 0 Å². The van der Waals surface area contributed by atoms with Crippen LogP contribution in [0.3, 0.4) is 0 Å². The minimum atomic E-state index is -0.201. The Kier molecular flexibility index (Phi) is 5.55. The summed E-state index contributed by atoms with van der Waals surface area (Å²) in [6.07, 6.45) is 1.68. The maximum atomic E-state index is 12.6. The molecule has 1 saturated heterocycles. The van der Waals surface area contributed by atoms with Gasteiger partial charge in [0.05, 0.1) is 6.04 Å². The molecule has 2 aromatic rings. The smallest absolute Gasteiger partial charge is 0.257 e. The molecule has 2 aliphatic heterocycles. The van der Waals surface area contributed by atoms with E-state index in [0.717, 1.165) is 37.7 Å². The fraction of sp³-hybridized carbons (Fsp3) is 0.526. The molecule has 0 bridgehead atoms. The Bertz CT molecular complexity index is 985. The zero-order chi connectivity index (χ0) is 20.5. The van der Waals surface area contributed by atoms with Gasteiger partial charge in [0.25, 0.3) is 5.56 Å². The third kappa shape index (κ3) is 4.13. The predicted molar refractivity (Wildman–Crippen MR) is 113 cm³/mol. The molecule has 9 nitrogen and oxygen atoms in total. The van der Waals surface area contributed by atoms with Crippen molar-refractivity contribution in [3.05, 3.63) is 34.0 Å². The number of anilines is 2. The van der Waals surface area contributed by atoms with Crippen LogP contribution in [-0.2, 0) is 4.79 Å². The lowest BCUT2D eigenvalue weighted by atomic mass is 10.2. The number of aryl methyl sites for hydroxylation is 1. The molecule has 10 heteroatoms. The highest BCUT2D eigenvalue weighted by Crippen LogP contribution is 2.32. The normalized spacial score (nSPS) is 19.3. The van der Waals surface area contributed by atoms with Gasteiger partial charge in [-0.15, -0.1) is 0 Å². The number of nitrogens with zero attached hydrogens (tertiary/aromatic N) is 6. The molecule has 1 N–H and O–H groups in total. The molecule has 1 unspecified atom stereocenters. The van der Waals surface area contributed by atoms with Crippen LogP contribution in [0.15, 0.2) is 22.3 Å². The summed E-state index contributed by atoms with van der Waals surface area (Å²) in [6.45, 7) is 7.36. The van der Waals surface area contributed by atoms with Crippen molar-refractivity contribution >= 4 is 29.3 Å². The SMILES string of the molecule is Cc1nc2n(c(=O)c1C)C(CC(=O)Nc1cc(N3CCN(C)CC3)ncn1)CS2. The Morgan fingerprint density at radius 3 is 2.76 bits per heavy atom. The van der Waals surface area contributed by atoms with Gasteiger partial charge >= 0.3 is 0 Å². The van der Waals surface area contributed by atoms with E-state index in [1.165, 1.54) is 18.1 Å². The van der Waals surface area contributed by atoms with Gasteiger partial charge in [0.1, 0.15) is 18.0 Å². The molecular weight excluding hydrogens is 390 g/mol. The van der Waals surface area contributed by atoms with Crippen LogP contribution in [0.25, 0.3) is 0 Å². The molecule has 4 rings (SSSR count). The van der Waals surface area contributed by atoms with Crippen LogP contribution in [0.2, 0.25) is 0 Å². The Hall–Kier alpha value is -2.46. The Morgan fingerprint density at radius 2 is 2.00 bits per heavy atom. The molecule has 4 heterocycles. The number of piperazine rings is 1. The van der Waals surface area contributed by atoms with Crippen LogP contribution in [0.5, 0.6) is 0 Å². The van der Waals surface area contributed by atoms with Gasteiger partial charge in [-0.1, -0.05) is 11.8 Å². The number of hydrogen-bond acceptors (Lipinski definition) is 8. The molecule has 154 valence electrons. The first-order chi connectivity index (χ1) is 13.9. The highest BCUT2D eigenvalue weighted by atomic mass is 32.2. The first-order valence-electron chi connectivity index (χ1n) is 9.70. The number of fused-ring (bicyclic) bond motifs is 1. The summed E-state index contributed by atoms with van der Waals surface area (Å²) in [4.78, 5) is 42.7. The first kappa shape index (κ1) is 19.8.